The number of nitrogens with zero attached hydrogens (tertiary/aromatic N) is 3. The van der Waals surface area contributed by atoms with Crippen LogP contribution in [0.3, 0.4) is 0 Å². The lowest BCUT2D eigenvalue weighted by atomic mass is 9.91. The van der Waals surface area contributed by atoms with Gasteiger partial charge in [-0.3, -0.25) is 0 Å². The molecule has 0 radical (unpaired) electrons. The first-order valence-corrected chi connectivity index (χ1v) is 6.30. The lowest BCUT2D eigenvalue weighted by Gasteiger charge is -2.28. The van der Waals surface area contributed by atoms with Crippen molar-refractivity contribution in [3.63, 3.8) is 0 Å². The van der Waals surface area contributed by atoms with Crippen LogP contribution in [0.4, 0.5) is 5.95 Å². The molecule has 0 atom stereocenters. The molecule has 0 spiro atoms. The summed E-state index contributed by atoms with van der Waals surface area (Å²) < 4.78 is 0. The van der Waals surface area contributed by atoms with Gasteiger partial charge in [-0.2, -0.15) is 5.10 Å². The number of nitrogens with one attached hydrogen (secondary N) is 2. The lowest BCUT2D eigenvalue weighted by molar-refractivity contribution is 0.370. The summed E-state index contributed by atoms with van der Waals surface area (Å²) in [5.74, 6) is 0.668. The molecule has 0 unspecified atom stereocenters. The third-order valence-corrected chi connectivity index (χ3v) is 3.56. The van der Waals surface area contributed by atoms with Crippen molar-refractivity contribution in [3.8, 4) is 0 Å². The van der Waals surface area contributed by atoms with Crippen molar-refractivity contribution in [2.24, 2.45) is 0 Å². The van der Waals surface area contributed by atoms with E-state index in [2.05, 4.69) is 25.8 Å². The molecule has 1 fully saturated rings. The highest BCUT2D eigenvalue weighted by atomic mass is 15.2. The van der Waals surface area contributed by atoms with Gasteiger partial charge in [-0.25, -0.2) is 4.98 Å². The van der Waals surface area contributed by atoms with Crippen LogP contribution in [0.5, 0.6) is 0 Å². The van der Waals surface area contributed by atoms with E-state index in [9.17, 15) is 0 Å². The Kier molecular flexibility index (Phi) is 3.89. The van der Waals surface area contributed by atoms with E-state index in [1.54, 1.807) is 0 Å². The Morgan fingerprint density at radius 2 is 1.59 bits per heavy atom. The zero-order valence-corrected chi connectivity index (χ0v) is 10.8. The molecule has 1 heterocycles. The summed E-state index contributed by atoms with van der Waals surface area (Å²) in [6.45, 7) is 3.89. The molecule has 0 aliphatic heterocycles. The molecule has 1 aromatic rings. The zero-order chi connectivity index (χ0) is 12.3. The van der Waals surface area contributed by atoms with E-state index in [0.29, 0.717) is 18.0 Å². The summed E-state index contributed by atoms with van der Waals surface area (Å²) in [5.41, 5.74) is 1.85. The van der Waals surface area contributed by atoms with Crippen LogP contribution in [0.15, 0.2) is 0 Å². The van der Waals surface area contributed by atoms with E-state index in [1.807, 2.05) is 20.9 Å². The fourth-order valence-corrected chi connectivity index (χ4v) is 2.23. The number of hydrogen-bond acceptors (Lipinski definition) is 5. The summed E-state index contributed by atoms with van der Waals surface area (Å²) in [4.78, 5) is 4.41. The first kappa shape index (κ1) is 12.2. The highest BCUT2D eigenvalue weighted by molar-refractivity contribution is 5.26. The Bertz CT molecular complexity index is 371. The maximum absolute atomic E-state index is 4.41. The van der Waals surface area contributed by atoms with Crippen molar-refractivity contribution >= 4 is 5.95 Å². The Balaban J connectivity index is 1.91. The first-order chi connectivity index (χ1) is 8.19. The van der Waals surface area contributed by atoms with Crippen LogP contribution in [-0.4, -0.2) is 34.3 Å². The predicted octanol–water partition coefficient (Wildman–Crippen LogP) is 1.43. The molecular weight excluding hydrogens is 214 g/mol. The summed E-state index contributed by atoms with van der Waals surface area (Å²) in [5, 5.41) is 14.9. The van der Waals surface area contributed by atoms with Gasteiger partial charge in [0.1, 0.15) is 0 Å². The largest absolute Gasteiger partial charge is 0.350 e. The SMILES string of the molecule is CNC1CCC(Nc2nnc(C)c(C)n2)CC1. The normalized spacial score (nSPS) is 24.6. The fraction of sp³-hybridized carbons (Fsp3) is 0.750. The summed E-state index contributed by atoms with van der Waals surface area (Å²) in [6, 6.07) is 1.16. The summed E-state index contributed by atoms with van der Waals surface area (Å²) in [6.07, 6.45) is 4.77. The second kappa shape index (κ2) is 5.40. The monoisotopic (exact) mass is 235 g/mol. The molecule has 94 valence electrons. The van der Waals surface area contributed by atoms with Gasteiger partial charge >= 0.3 is 0 Å². The van der Waals surface area contributed by atoms with E-state index in [4.69, 9.17) is 0 Å². The molecule has 2 N–H and O–H groups in total. The standard InChI is InChI=1S/C12H21N5/c1-8-9(2)16-17-12(14-8)15-11-6-4-10(13-3)5-7-11/h10-11,13H,4-7H2,1-3H3,(H,14,15,17). The minimum atomic E-state index is 0.489. The molecule has 0 bridgehead atoms. The summed E-state index contributed by atoms with van der Waals surface area (Å²) >= 11 is 0. The van der Waals surface area contributed by atoms with Gasteiger partial charge in [-0.05, 0) is 46.6 Å². The molecule has 17 heavy (non-hydrogen) atoms. The number of aromatic nitrogens is 3. The van der Waals surface area contributed by atoms with Crippen LogP contribution in [0, 0.1) is 13.8 Å². The average molecular weight is 235 g/mol. The molecular formula is C12H21N5. The second-order valence-corrected chi connectivity index (χ2v) is 4.79. The van der Waals surface area contributed by atoms with Crippen LogP contribution in [0.1, 0.15) is 37.1 Å². The van der Waals surface area contributed by atoms with Crippen molar-refractivity contribution < 1.29 is 0 Å². The van der Waals surface area contributed by atoms with E-state index in [1.165, 1.54) is 25.7 Å². The molecule has 1 aliphatic rings. The van der Waals surface area contributed by atoms with Crippen molar-refractivity contribution in [2.45, 2.75) is 51.6 Å². The van der Waals surface area contributed by atoms with Crippen LogP contribution in [0.25, 0.3) is 0 Å². The molecule has 1 aliphatic carbocycles. The molecule has 0 saturated heterocycles. The Labute approximate surface area is 102 Å². The third kappa shape index (κ3) is 3.12. The van der Waals surface area contributed by atoms with Gasteiger partial charge in [0, 0.05) is 12.1 Å². The minimum absolute atomic E-state index is 0.489. The Morgan fingerprint density at radius 3 is 2.18 bits per heavy atom. The van der Waals surface area contributed by atoms with Crippen LogP contribution in [-0.2, 0) is 0 Å². The van der Waals surface area contributed by atoms with Gasteiger partial charge in [0.05, 0.1) is 11.4 Å². The molecule has 2 rings (SSSR count). The zero-order valence-electron chi connectivity index (χ0n) is 10.8. The number of rotatable bonds is 3. The maximum Gasteiger partial charge on any atom is 0.243 e. The van der Waals surface area contributed by atoms with Crippen LogP contribution in [0.2, 0.25) is 0 Å². The van der Waals surface area contributed by atoms with Gasteiger partial charge in [0.25, 0.3) is 0 Å². The maximum atomic E-state index is 4.41. The molecule has 0 amide bonds. The molecule has 0 aromatic carbocycles. The number of anilines is 1. The van der Waals surface area contributed by atoms with Gasteiger partial charge < -0.3 is 10.6 Å². The van der Waals surface area contributed by atoms with Gasteiger partial charge in [0.2, 0.25) is 5.95 Å². The Hall–Kier alpha value is -1.23. The van der Waals surface area contributed by atoms with Crippen molar-refractivity contribution in [1.29, 1.82) is 0 Å². The van der Waals surface area contributed by atoms with Gasteiger partial charge in [0.15, 0.2) is 0 Å². The number of hydrogen-bond donors (Lipinski definition) is 2. The average Bonchev–Trinajstić information content (AvgIpc) is 2.35. The lowest BCUT2D eigenvalue weighted by Crippen LogP contribution is -2.35. The van der Waals surface area contributed by atoms with E-state index in [-0.39, 0.29) is 0 Å². The van der Waals surface area contributed by atoms with Gasteiger partial charge in [-0.1, -0.05) is 0 Å². The molecule has 1 aromatic heterocycles. The molecule has 5 heteroatoms. The smallest absolute Gasteiger partial charge is 0.243 e. The topological polar surface area (TPSA) is 62.7 Å². The molecule has 1 saturated carbocycles. The van der Waals surface area contributed by atoms with Crippen molar-refractivity contribution in [3.05, 3.63) is 11.4 Å². The second-order valence-electron chi connectivity index (χ2n) is 4.79. The van der Waals surface area contributed by atoms with Crippen molar-refractivity contribution in [1.82, 2.24) is 20.5 Å². The third-order valence-electron chi connectivity index (χ3n) is 3.56. The number of aryl methyl sites for hydroxylation is 2. The van der Waals surface area contributed by atoms with E-state index in [0.717, 1.165) is 11.4 Å². The highest BCUT2D eigenvalue weighted by Crippen LogP contribution is 2.20. The summed E-state index contributed by atoms with van der Waals surface area (Å²) in [7, 11) is 2.04. The minimum Gasteiger partial charge on any atom is -0.350 e. The molecule has 5 nitrogen and oxygen atoms in total. The fourth-order valence-electron chi connectivity index (χ4n) is 2.23. The predicted molar refractivity (Wildman–Crippen MR) is 68.0 cm³/mol. The van der Waals surface area contributed by atoms with Crippen LogP contribution >= 0.6 is 0 Å². The Morgan fingerprint density at radius 1 is 0.941 bits per heavy atom. The van der Waals surface area contributed by atoms with E-state index >= 15 is 0 Å². The quantitative estimate of drug-likeness (QED) is 0.830. The first-order valence-electron chi connectivity index (χ1n) is 6.30. The highest BCUT2D eigenvalue weighted by Gasteiger charge is 2.20. The van der Waals surface area contributed by atoms with Gasteiger partial charge in [-0.15, -0.1) is 5.10 Å². The van der Waals surface area contributed by atoms with Crippen molar-refractivity contribution in [2.75, 3.05) is 12.4 Å². The van der Waals surface area contributed by atoms with E-state index < -0.39 is 0 Å². The van der Waals surface area contributed by atoms with Crippen LogP contribution < -0.4 is 10.6 Å².